The standard InChI is InChI=1S/C15H29N3O/c1-4-16-7-9-17(10-8-16)12-15(19)18(11-13(2)3)14-5-6-14/h13-14H,4-12H2,1-3H3. The lowest BCUT2D eigenvalue weighted by Crippen LogP contribution is -2.50. The van der Waals surface area contributed by atoms with E-state index in [4.69, 9.17) is 0 Å². The van der Waals surface area contributed by atoms with Gasteiger partial charge < -0.3 is 9.80 Å². The van der Waals surface area contributed by atoms with Gasteiger partial charge in [0, 0.05) is 38.8 Å². The monoisotopic (exact) mass is 267 g/mol. The van der Waals surface area contributed by atoms with Crippen molar-refractivity contribution in [1.29, 1.82) is 0 Å². The second kappa shape index (κ2) is 6.71. The average Bonchev–Trinajstić information content (AvgIpc) is 3.21. The number of piperazine rings is 1. The van der Waals surface area contributed by atoms with E-state index >= 15 is 0 Å². The summed E-state index contributed by atoms with van der Waals surface area (Å²) in [4.78, 5) is 19.4. The van der Waals surface area contributed by atoms with Gasteiger partial charge in [-0.2, -0.15) is 0 Å². The molecule has 19 heavy (non-hydrogen) atoms. The predicted molar refractivity (Wildman–Crippen MR) is 78.1 cm³/mol. The summed E-state index contributed by atoms with van der Waals surface area (Å²) < 4.78 is 0. The maximum atomic E-state index is 12.5. The second-order valence-electron chi connectivity index (χ2n) is 6.38. The molecule has 1 heterocycles. The number of rotatable bonds is 6. The van der Waals surface area contributed by atoms with Crippen LogP contribution in [0.4, 0.5) is 0 Å². The van der Waals surface area contributed by atoms with Gasteiger partial charge in [-0.3, -0.25) is 9.69 Å². The normalized spacial score (nSPS) is 21.9. The highest BCUT2D eigenvalue weighted by Gasteiger charge is 2.33. The lowest BCUT2D eigenvalue weighted by Gasteiger charge is -2.35. The Morgan fingerprint density at radius 2 is 1.74 bits per heavy atom. The first-order valence-corrected chi connectivity index (χ1v) is 7.84. The summed E-state index contributed by atoms with van der Waals surface area (Å²) in [5, 5.41) is 0. The van der Waals surface area contributed by atoms with E-state index in [2.05, 4.69) is 35.5 Å². The van der Waals surface area contributed by atoms with E-state index in [9.17, 15) is 4.79 Å². The van der Waals surface area contributed by atoms with Crippen molar-refractivity contribution in [2.75, 3.05) is 45.8 Å². The van der Waals surface area contributed by atoms with Gasteiger partial charge in [0.1, 0.15) is 0 Å². The summed E-state index contributed by atoms with van der Waals surface area (Å²) in [6, 6.07) is 0.548. The van der Waals surface area contributed by atoms with Crippen LogP contribution in [0.25, 0.3) is 0 Å². The average molecular weight is 267 g/mol. The van der Waals surface area contributed by atoms with Crippen LogP contribution in [0.1, 0.15) is 33.6 Å². The van der Waals surface area contributed by atoms with Crippen molar-refractivity contribution in [3.8, 4) is 0 Å². The number of carbonyl (C=O) groups is 1. The Labute approximate surface area is 117 Å². The second-order valence-corrected chi connectivity index (χ2v) is 6.38. The number of hydrogen-bond acceptors (Lipinski definition) is 3. The Morgan fingerprint density at radius 3 is 2.21 bits per heavy atom. The molecule has 0 aromatic rings. The molecular formula is C15H29N3O. The van der Waals surface area contributed by atoms with Crippen LogP contribution in [0.15, 0.2) is 0 Å². The molecule has 1 amide bonds. The highest BCUT2D eigenvalue weighted by Crippen LogP contribution is 2.27. The van der Waals surface area contributed by atoms with Gasteiger partial charge in [0.2, 0.25) is 5.91 Å². The van der Waals surface area contributed by atoms with Crippen LogP contribution >= 0.6 is 0 Å². The molecule has 1 saturated carbocycles. The molecule has 0 bridgehead atoms. The van der Waals surface area contributed by atoms with E-state index in [1.165, 1.54) is 12.8 Å². The van der Waals surface area contributed by atoms with E-state index in [0.717, 1.165) is 39.3 Å². The van der Waals surface area contributed by atoms with Crippen LogP contribution in [0.5, 0.6) is 0 Å². The van der Waals surface area contributed by atoms with Gasteiger partial charge >= 0.3 is 0 Å². The molecule has 4 heteroatoms. The summed E-state index contributed by atoms with van der Waals surface area (Å²) in [6.45, 7) is 13.6. The Morgan fingerprint density at radius 1 is 1.16 bits per heavy atom. The lowest BCUT2D eigenvalue weighted by molar-refractivity contribution is -0.134. The first kappa shape index (κ1) is 14.8. The van der Waals surface area contributed by atoms with Crippen molar-refractivity contribution in [2.45, 2.75) is 39.7 Å². The Bertz CT molecular complexity index is 294. The number of nitrogens with zero attached hydrogens (tertiary/aromatic N) is 3. The molecule has 2 fully saturated rings. The molecule has 4 nitrogen and oxygen atoms in total. The van der Waals surface area contributed by atoms with Crippen molar-refractivity contribution in [1.82, 2.24) is 14.7 Å². The van der Waals surface area contributed by atoms with Crippen molar-refractivity contribution in [2.24, 2.45) is 5.92 Å². The molecule has 1 aliphatic carbocycles. The number of likely N-dealkylation sites (N-methyl/N-ethyl adjacent to an activating group) is 1. The molecule has 110 valence electrons. The van der Waals surface area contributed by atoms with E-state index in [-0.39, 0.29) is 0 Å². The topological polar surface area (TPSA) is 26.8 Å². The van der Waals surface area contributed by atoms with Crippen molar-refractivity contribution >= 4 is 5.91 Å². The van der Waals surface area contributed by atoms with Crippen molar-refractivity contribution < 1.29 is 4.79 Å². The van der Waals surface area contributed by atoms with Crippen molar-refractivity contribution in [3.05, 3.63) is 0 Å². The summed E-state index contributed by atoms with van der Waals surface area (Å²) in [5.41, 5.74) is 0. The molecule has 0 radical (unpaired) electrons. The van der Waals surface area contributed by atoms with E-state index < -0.39 is 0 Å². The molecule has 0 aromatic carbocycles. The minimum atomic E-state index is 0.348. The van der Waals surface area contributed by atoms with Gasteiger partial charge in [-0.1, -0.05) is 20.8 Å². The van der Waals surface area contributed by atoms with E-state index in [0.29, 0.717) is 24.4 Å². The zero-order valence-corrected chi connectivity index (χ0v) is 12.8. The SMILES string of the molecule is CCN1CCN(CC(=O)N(CC(C)C)C2CC2)CC1. The van der Waals surface area contributed by atoms with Gasteiger partial charge in [-0.15, -0.1) is 0 Å². The molecule has 1 saturated heterocycles. The molecule has 2 rings (SSSR count). The fourth-order valence-electron chi connectivity index (χ4n) is 2.78. The minimum Gasteiger partial charge on any atom is -0.338 e. The summed E-state index contributed by atoms with van der Waals surface area (Å²) in [6.07, 6.45) is 2.42. The highest BCUT2D eigenvalue weighted by molar-refractivity contribution is 5.79. The van der Waals surface area contributed by atoms with E-state index in [1.807, 2.05) is 0 Å². The molecule has 0 spiro atoms. The molecule has 1 aliphatic heterocycles. The van der Waals surface area contributed by atoms with Gasteiger partial charge in [0.15, 0.2) is 0 Å². The van der Waals surface area contributed by atoms with Crippen LogP contribution in [0.3, 0.4) is 0 Å². The molecular weight excluding hydrogens is 238 g/mol. The third-order valence-corrected chi connectivity index (χ3v) is 4.14. The summed E-state index contributed by atoms with van der Waals surface area (Å²) >= 11 is 0. The lowest BCUT2D eigenvalue weighted by atomic mass is 10.2. The Kier molecular flexibility index (Phi) is 5.22. The minimum absolute atomic E-state index is 0.348. The largest absolute Gasteiger partial charge is 0.338 e. The van der Waals surface area contributed by atoms with Crippen LogP contribution < -0.4 is 0 Å². The zero-order valence-electron chi connectivity index (χ0n) is 12.8. The molecule has 0 unspecified atom stereocenters. The fraction of sp³-hybridized carbons (Fsp3) is 0.933. The summed E-state index contributed by atoms with van der Waals surface area (Å²) in [5.74, 6) is 0.919. The molecule has 0 atom stereocenters. The number of carbonyl (C=O) groups excluding carboxylic acids is 1. The van der Waals surface area contributed by atoms with Crippen LogP contribution in [0, 0.1) is 5.92 Å². The molecule has 2 aliphatic rings. The molecule has 0 aromatic heterocycles. The van der Waals surface area contributed by atoms with Gasteiger partial charge in [0.05, 0.1) is 6.54 Å². The smallest absolute Gasteiger partial charge is 0.237 e. The quantitative estimate of drug-likeness (QED) is 0.725. The zero-order chi connectivity index (χ0) is 13.8. The Hall–Kier alpha value is -0.610. The van der Waals surface area contributed by atoms with Crippen LogP contribution in [-0.2, 0) is 4.79 Å². The fourth-order valence-corrected chi connectivity index (χ4v) is 2.78. The van der Waals surface area contributed by atoms with Crippen LogP contribution in [0.2, 0.25) is 0 Å². The Balaban J connectivity index is 1.79. The van der Waals surface area contributed by atoms with E-state index in [1.54, 1.807) is 0 Å². The number of hydrogen-bond donors (Lipinski definition) is 0. The third kappa shape index (κ3) is 4.46. The summed E-state index contributed by atoms with van der Waals surface area (Å²) in [7, 11) is 0. The first-order valence-electron chi connectivity index (χ1n) is 7.84. The first-order chi connectivity index (χ1) is 9.10. The number of amides is 1. The third-order valence-electron chi connectivity index (χ3n) is 4.14. The molecule has 0 N–H and O–H groups in total. The van der Waals surface area contributed by atoms with Gasteiger partial charge in [-0.25, -0.2) is 0 Å². The van der Waals surface area contributed by atoms with Crippen LogP contribution in [-0.4, -0.2) is 72.5 Å². The highest BCUT2D eigenvalue weighted by atomic mass is 16.2. The van der Waals surface area contributed by atoms with Gasteiger partial charge in [-0.05, 0) is 25.3 Å². The predicted octanol–water partition coefficient (Wildman–Crippen LogP) is 1.27. The maximum Gasteiger partial charge on any atom is 0.237 e. The van der Waals surface area contributed by atoms with Crippen molar-refractivity contribution in [3.63, 3.8) is 0 Å². The van der Waals surface area contributed by atoms with Gasteiger partial charge in [0.25, 0.3) is 0 Å². The maximum absolute atomic E-state index is 12.5.